The number of carbonyl (C=O) groups excluding carboxylic acids is 1. The monoisotopic (exact) mass is 457 g/mol. The number of amides is 1. The van der Waals surface area contributed by atoms with Gasteiger partial charge < -0.3 is 19.7 Å². The Morgan fingerprint density at radius 3 is 2.72 bits per heavy atom. The van der Waals surface area contributed by atoms with Gasteiger partial charge in [0.1, 0.15) is 5.82 Å². The Balaban J connectivity index is 0.00000289. The molecule has 0 aliphatic carbocycles. The first-order chi connectivity index (χ1) is 15.0. The molecule has 7 nitrogen and oxygen atoms in total. The molecule has 0 fully saturated rings. The number of rotatable bonds is 7. The van der Waals surface area contributed by atoms with E-state index in [2.05, 4.69) is 4.98 Å². The highest BCUT2D eigenvalue weighted by molar-refractivity contribution is 7.88. The summed E-state index contributed by atoms with van der Waals surface area (Å²) in [5, 5.41) is 1.60. The number of methoxy groups -OCH3 is 1. The molecule has 2 unspecified atom stereocenters. The maximum Gasteiger partial charge on any atom is 0.227 e. The molecular formula is C23H24FN3O4S. The van der Waals surface area contributed by atoms with Crippen LogP contribution in [0.3, 0.4) is 0 Å². The van der Waals surface area contributed by atoms with Crippen molar-refractivity contribution >= 4 is 16.7 Å². The van der Waals surface area contributed by atoms with Crippen molar-refractivity contribution in [3.63, 3.8) is 0 Å². The molecule has 9 heteroatoms. The number of hydrogen-bond acceptors (Lipinski definition) is 4. The van der Waals surface area contributed by atoms with E-state index < -0.39 is 16.6 Å². The molecule has 0 saturated heterocycles. The van der Waals surface area contributed by atoms with Gasteiger partial charge in [-0.2, -0.15) is 0 Å². The Morgan fingerprint density at radius 2 is 2.06 bits per heavy atom. The molecule has 2 aromatic heterocycles. The van der Waals surface area contributed by atoms with Crippen molar-refractivity contribution in [1.82, 2.24) is 14.5 Å². The smallest absolute Gasteiger partial charge is 0.227 e. The van der Waals surface area contributed by atoms with Gasteiger partial charge in [-0.25, -0.2) is 9.37 Å². The van der Waals surface area contributed by atoms with Crippen LogP contribution in [0.15, 0.2) is 72.5 Å². The zero-order valence-electron chi connectivity index (χ0n) is 17.5. The lowest BCUT2D eigenvalue weighted by molar-refractivity contribution is -0.132. The van der Waals surface area contributed by atoms with E-state index in [1.165, 1.54) is 13.2 Å². The molecule has 4 rings (SSSR count). The Morgan fingerprint density at radius 1 is 1.28 bits per heavy atom. The van der Waals surface area contributed by atoms with Crippen molar-refractivity contribution in [3.05, 3.63) is 89.5 Å². The van der Waals surface area contributed by atoms with Crippen LogP contribution in [0.4, 0.5) is 4.39 Å². The second-order valence-corrected chi connectivity index (χ2v) is 8.58. The highest BCUT2D eigenvalue weighted by atomic mass is 32.2. The Kier molecular flexibility index (Phi) is 7.55. The van der Waals surface area contributed by atoms with Gasteiger partial charge in [0.25, 0.3) is 0 Å². The van der Waals surface area contributed by atoms with E-state index in [1.54, 1.807) is 51.4 Å². The molecule has 0 radical (unpaired) electrons. The average Bonchev–Trinajstić information content (AvgIpc) is 3.45. The molecule has 1 amide bonds. The van der Waals surface area contributed by atoms with E-state index >= 15 is 0 Å². The van der Waals surface area contributed by atoms with E-state index in [-0.39, 0.29) is 30.4 Å². The van der Waals surface area contributed by atoms with Crippen molar-refractivity contribution in [1.29, 1.82) is 0 Å². The van der Waals surface area contributed by atoms with Crippen molar-refractivity contribution in [3.8, 4) is 11.6 Å². The molecule has 1 aliphatic heterocycles. The van der Waals surface area contributed by atoms with E-state index in [0.29, 0.717) is 22.9 Å². The number of halogens is 1. The summed E-state index contributed by atoms with van der Waals surface area (Å²) in [6.45, 7) is 0.285. The van der Waals surface area contributed by atoms with E-state index in [9.17, 15) is 13.4 Å². The second kappa shape index (κ2) is 10.3. The highest BCUT2D eigenvalue weighted by Crippen LogP contribution is 2.21. The van der Waals surface area contributed by atoms with Gasteiger partial charge in [0.2, 0.25) is 11.8 Å². The predicted molar refractivity (Wildman–Crippen MR) is 120 cm³/mol. The van der Waals surface area contributed by atoms with Crippen molar-refractivity contribution < 1.29 is 23.6 Å². The van der Waals surface area contributed by atoms with Crippen LogP contribution in [0.5, 0.6) is 5.88 Å². The minimum Gasteiger partial charge on any atom is -0.481 e. The van der Waals surface area contributed by atoms with Crippen LogP contribution in [-0.2, 0) is 28.6 Å². The topological polar surface area (TPSA) is 95.9 Å². The van der Waals surface area contributed by atoms with Crippen molar-refractivity contribution in [2.75, 3.05) is 12.9 Å². The quantitative estimate of drug-likeness (QED) is 0.544. The second-order valence-electron chi connectivity index (χ2n) is 7.21. The van der Waals surface area contributed by atoms with Crippen LogP contribution in [0.2, 0.25) is 0 Å². The Hall–Kier alpha value is -3.30. The van der Waals surface area contributed by atoms with Gasteiger partial charge in [-0.3, -0.25) is 9.00 Å². The first kappa shape index (κ1) is 23.4. The molecular weight excluding hydrogens is 433 g/mol. The number of benzene rings is 1. The number of hydrogen-bond donors (Lipinski definition) is 0. The van der Waals surface area contributed by atoms with Crippen LogP contribution >= 0.6 is 0 Å². The lowest BCUT2D eigenvalue weighted by Crippen LogP contribution is -2.41. The predicted octanol–water partition coefficient (Wildman–Crippen LogP) is 2.41. The highest BCUT2D eigenvalue weighted by Gasteiger charge is 2.27. The summed E-state index contributed by atoms with van der Waals surface area (Å²) in [7, 11) is 0.412. The maximum atomic E-state index is 14.8. The molecule has 3 aromatic rings. The van der Waals surface area contributed by atoms with Crippen LogP contribution in [0.25, 0.3) is 5.69 Å². The number of carbonyl (C=O) groups is 1. The summed E-state index contributed by atoms with van der Waals surface area (Å²) in [5.41, 5.74) is 1.84. The maximum absolute atomic E-state index is 14.8. The number of aromatic nitrogens is 2. The third-order valence-corrected chi connectivity index (χ3v) is 6.28. The summed E-state index contributed by atoms with van der Waals surface area (Å²) in [6, 6.07) is 11.8. The van der Waals surface area contributed by atoms with E-state index in [4.69, 9.17) is 4.74 Å². The fourth-order valence-electron chi connectivity index (χ4n) is 3.51. The third kappa shape index (κ3) is 5.30. The molecule has 32 heavy (non-hydrogen) atoms. The third-order valence-electron chi connectivity index (χ3n) is 5.15. The average molecular weight is 458 g/mol. The largest absolute Gasteiger partial charge is 0.481 e. The lowest BCUT2D eigenvalue weighted by atomic mass is 10.1. The first-order valence-corrected chi connectivity index (χ1v) is 11.2. The van der Waals surface area contributed by atoms with Gasteiger partial charge in [-0.05, 0) is 41.5 Å². The number of pyridine rings is 1. The fraction of sp³-hybridized carbons (Fsp3) is 0.217. The van der Waals surface area contributed by atoms with E-state index in [1.807, 2.05) is 24.5 Å². The molecule has 2 atom stereocenters. The van der Waals surface area contributed by atoms with Gasteiger partial charge in [-0.15, -0.1) is 0 Å². The normalized spacial score (nSPS) is 17.1. The summed E-state index contributed by atoms with van der Waals surface area (Å²) < 4.78 is 33.6. The molecule has 1 aliphatic rings. The van der Waals surface area contributed by atoms with Crippen LogP contribution in [0.1, 0.15) is 11.1 Å². The summed E-state index contributed by atoms with van der Waals surface area (Å²) in [4.78, 5) is 18.9. The zero-order valence-corrected chi connectivity index (χ0v) is 18.3. The van der Waals surface area contributed by atoms with Gasteiger partial charge in [0, 0.05) is 53.1 Å². The summed E-state index contributed by atoms with van der Waals surface area (Å²) in [5.74, 6) is 0.109. The summed E-state index contributed by atoms with van der Waals surface area (Å²) in [6.07, 6.45) is 6.96. The van der Waals surface area contributed by atoms with Crippen LogP contribution < -0.4 is 4.74 Å². The molecule has 0 spiro atoms. The Bertz CT molecular complexity index is 1130. The van der Waals surface area contributed by atoms with Crippen molar-refractivity contribution in [2.24, 2.45) is 0 Å². The molecule has 3 heterocycles. The van der Waals surface area contributed by atoms with Crippen LogP contribution in [-0.4, -0.2) is 48.9 Å². The molecule has 2 N–H and O–H groups in total. The minimum atomic E-state index is -1.11. The van der Waals surface area contributed by atoms with Crippen LogP contribution in [0, 0.1) is 5.82 Å². The molecule has 0 saturated carbocycles. The Labute approximate surface area is 187 Å². The lowest BCUT2D eigenvalue weighted by Gasteiger charge is -2.28. The summed E-state index contributed by atoms with van der Waals surface area (Å²) >= 11 is 0. The molecule has 168 valence electrons. The fourth-order valence-corrected chi connectivity index (χ4v) is 4.61. The standard InChI is InChI=1S/C23H22FN3O3S.H2O/c1-30-22-12-17(6-8-25-22)15-27(20-7-11-31(29)16-20)23(28)13-18-4-5-19(14-21(18)24)26-9-2-3-10-26;/h2-12,14,20H,13,15-16H2,1H3;1H2. The van der Waals surface area contributed by atoms with Gasteiger partial charge in [0.05, 0.1) is 25.3 Å². The SMILES string of the molecule is COc1cc(CN(C(=O)Cc2ccc(-n3cccc3)cc2F)C2C=CS(=O)C2)ccn1.O. The van der Waals surface area contributed by atoms with Gasteiger partial charge in [-0.1, -0.05) is 12.1 Å². The number of ether oxygens (including phenoxy) is 1. The minimum absolute atomic E-state index is 0. The van der Waals surface area contributed by atoms with E-state index in [0.717, 1.165) is 5.56 Å². The molecule has 0 bridgehead atoms. The zero-order chi connectivity index (χ0) is 21.8. The van der Waals surface area contributed by atoms with Gasteiger partial charge in [0.15, 0.2) is 0 Å². The first-order valence-electron chi connectivity index (χ1n) is 9.79. The van der Waals surface area contributed by atoms with Crippen molar-refractivity contribution in [2.45, 2.75) is 19.0 Å². The molecule has 1 aromatic carbocycles. The van der Waals surface area contributed by atoms with Gasteiger partial charge >= 0.3 is 0 Å². The number of nitrogens with zero attached hydrogens (tertiary/aromatic N) is 3.